The Morgan fingerprint density at radius 2 is 1.15 bits per heavy atom. The number of fused-ring (bicyclic) bond motifs is 1. The molecule has 8 atom stereocenters. The first-order valence-electron chi connectivity index (χ1n) is 33.3. The number of benzene rings is 2. The number of piperidine rings is 1. The highest BCUT2D eigenvalue weighted by molar-refractivity contribution is 6.30. The Kier molecular flexibility index (Phi) is 28.5. The highest BCUT2D eigenvalue weighted by Crippen LogP contribution is 2.35. The predicted molar refractivity (Wildman–Crippen MR) is 354 cm³/mol. The van der Waals surface area contributed by atoms with Crippen molar-refractivity contribution >= 4 is 76.6 Å². The Hall–Kier alpha value is -7.31. The smallest absolute Gasteiger partial charge is 0.343 e. The Labute approximate surface area is 564 Å². The SMILES string of the molecule is CC[C@H](C)[C@@H]1NC(=O)[C@H](C(C)C)N(C)C(=O)C[C@H]2CCCCN2C(=O)[C@H](CC(C)C)N(C)C(=O)C2(CCCC2)NC(=O)[C@H](CC(C)C)N(C)C(=O)[C@H](CCc2ccc(C(F)(F)F)cc2)NC(=O)CN(C)C(=O)[C@H](Cc2ccc(Cl)cc2)N(C)C(=O)CN(C)C(=O)CN(C)C1=O. The van der Waals surface area contributed by atoms with Crippen LogP contribution in [0.4, 0.5) is 13.2 Å². The Balaban J connectivity index is 1.61. The topological polar surface area (TPSA) is 250 Å². The average molecular weight is 1360 g/mol. The number of hydrogen-bond acceptors (Lipinski definition) is 11. The molecule has 22 nitrogen and oxygen atoms in total. The molecular formula is C69H103ClF3N11O11. The maximum atomic E-state index is 15.4. The van der Waals surface area contributed by atoms with Crippen molar-refractivity contribution < 1.29 is 65.9 Å². The minimum Gasteiger partial charge on any atom is -0.343 e. The number of likely N-dealkylation sites (N-methyl/N-ethyl adjacent to an activating group) is 7. The van der Waals surface area contributed by atoms with Crippen molar-refractivity contribution in [2.24, 2.45) is 23.7 Å². The number of nitrogens with one attached hydrogen (secondary N) is 3. The molecule has 26 heteroatoms. The van der Waals surface area contributed by atoms with E-state index in [2.05, 4.69) is 16.0 Å². The molecule has 0 aromatic heterocycles. The average Bonchev–Trinajstić information content (AvgIpc) is 1.73. The van der Waals surface area contributed by atoms with E-state index in [0.29, 0.717) is 54.7 Å². The van der Waals surface area contributed by atoms with E-state index in [1.807, 2.05) is 34.6 Å². The van der Waals surface area contributed by atoms with Crippen LogP contribution in [-0.2, 0) is 71.8 Å². The molecule has 1 saturated carbocycles. The van der Waals surface area contributed by atoms with Gasteiger partial charge in [0.15, 0.2) is 0 Å². The van der Waals surface area contributed by atoms with Gasteiger partial charge in [-0.05, 0) is 117 Å². The Bertz CT molecular complexity index is 3040. The summed E-state index contributed by atoms with van der Waals surface area (Å²) in [6.45, 7) is 13.2. The van der Waals surface area contributed by atoms with E-state index in [1.54, 1.807) is 49.9 Å². The van der Waals surface area contributed by atoms with E-state index in [9.17, 15) is 46.7 Å². The molecule has 95 heavy (non-hydrogen) atoms. The largest absolute Gasteiger partial charge is 0.416 e. The van der Waals surface area contributed by atoms with Crippen LogP contribution in [0.3, 0.4) is 0 Å². The van der Waals surface area contributed by atoms with Crippen molar-refractivity contribution in [3.05, 3.63) is 70.2 Å². The zero-order valence-corrected chi connectivity index (χ0v) is 59.0. The molecule has 1 aliphatic carbocycles. The lowest BCUT2D eigenvalue weighted by Crippen LogP contribution is -2.65. The third kappa shape index (κ3) is 20.8. The molecule has 2 saturated heterocycles. The summed E-state index contributed by atoms with van der Waals surface area (Å²) in [7, 11) is 9.86. The van der Waals surface area contributed by atoms with Crippen molar-refractivity contribution in [1.82, 2.24) is 55.1 Å². The second-order valence-electron chi connectivity index (χ2n) is 27.7. The van der Waals surface area contributed by atoms with Crippen molar-refractivity contribution in [3.63, 3.8) is 0 Å². The molecule has 0 bridgehead atoms. The number of aryl methyl sites for hydroxylation is 1. The van der Waals surface area contributed by atoms with Crippen molar-refractivity contribution in [2.45, 2.75) is 199 Å². The maximum Gasteiger partial charge on any atom is 0.416 e. The quantitative estimate of drug-likeness (QED) is 0.216. The molecular weight excluding hydrogens is 1250 g/mol. The standard InChI is InChI=1S/C69H103ClF3N11O11/c1-16-45(8)59-66(94)79(11)40-57(87)77(9)41-58(88)80(12)54(37-47-24-29-49(70)30-25-47)64(92)78(10)39-55(85)74-51(31-26-46-22-27-48(28-23-46)69(71,72)73)63(91)81(13)52(35-42(2)3)61(89)76-68(32-18-19-33-68)67(95)82(14)53(36-43(4)5)65(93)84-34-20-17-21-50(84)38-56(86)83(15)60(44(6)7)62(90)75-59/h22-25,27-30,42-45,50-54,59-60H,16-21,26,31-41H2,1-15H3,(H,74,85)(H,75,90)(H,76,89)/t45-,50+,51-,52-,53-,54-,59-,60-/m0/s1. The number of halogens is 4. The number of amides is 11. The summed E-state index contributed by atoms with van der Waals surface area (Å²) in [5.74, 6) is -8.20. The highest BCUT2D eigenvalue weighted by Gasteiger charge is 2.49. The van der Waals surface area contributed by atoms with Crippen LogP contribution in [0.5, 0.6) is 0 Å². The number of carbonyl (C=O) groups excluding carboxylic acids is 11. The van der Waals surface area contributed by atoms with Gasteiger partial charge >= 0.3 is 6.18 Å². The monoisotopic (exact) mass is 1350 g/mol. The molecule has 5 rings (SSSR count). The van der Waals surface area contributed by atoms with Gasteiger partial charge in [0.2, 0.25) is 65.0 Å². The van der Waals surface area contributed by atoms with Crippen LogP contribution in [0, 0.1) is 23.7 Å². The summed E-state index contributed by atoms with van der Waals surface area (Å²) in [6.07, 6.45) is -1.10. The summed E-state index contributed by atoms with van der Waals surface area (Å²) < 4.78 is 41.0. The van der Waals surface area contributed by atoms with Crippen LogP contribution < -0.4 is 16.0 Å². The van der Waals surface area contributed by atoms with Crippen LogP contribution in [0.1, 0.15) is 149 Å². The summed E-state index contributed by atoms with van der Waals surface area (Å²) in [6, 6.07) is 2.92. The third-order valence-corrected chi connectivity index (χ3v) is 19.3. The molecule has 3 N–H and O–H groups in total. The van der Waals surface area contributed by atoms with E-state index >= 15 is 19.2 Å². The van der Waals surface area contributed by atoms with Crippen LogP contribution in [-0.4, -0.2) is 228 Å². The fraction of sp³-hybridized carbons (Fsp3) is 0.667. The third-order valence-electron chi connectivity index (χ3n) is 19.0. The van der Waals surface area contributed by atoms with Crippen LogP contribution in [0.15, 0.2) is 48.5 Å². The second-order valence-corrected chi connectivity index (χ2v) is 28.2. The minimum atomic E-state index is -4.63. The molecule has 0 radical (unpaired) electrons. The van der Waals surface area contributed by atoms with Gasteiger partial charge < -0.3 is 55.1 Å². The van der Waals surface area contributed by atoms with E-state index in [0.717, 1.165) is 31.7 Å². The molecule has 528 valence electrons. The van der Waals surface area contributed by atoms with Gasteiger partial charge in [0.05, 0.1) is 25.2 Å². The normalized spacial score (nSPS) is 24.7. The van der Waals surface area contributed by atoms with Gasteiger partial charge in [0.25, 0.3) is 0 Å². The number of rotatable bonds is 12. The van der Waals surface area contributed by atoms with Gasteiger partial charge in [0.1, 0.15) is 41.8 Å². The lowest BCUT2D eigenvalue weighted by molar-refractivity contribution is -0.153. The van der Waals surface area contributed by atoms with Crippen LogP contribution in [0.2, 0.25) is 5.02 Å². The molecule has 0 unspecified atom stereocenters. The van der Waals surface area contributed by atoms with Gasteiger partial charge in [-0.2, -0.15) is 13.2 Å². The van der Waals surface area contributed by atoms with E-state index in [4.69, 9.17) is 11.6 Å². The zero-order chi connectivity index (χ0) is 71.1. The zero-order valence-electron chi connectivity index (χ0n) is 58.3. The Morgan fingerprint density at radius 3 is 1.72 bits per heavy atom. The van der Waals surface area contributed by atoms with Gasteiger partial charge in [0, 0.05) is 79.8 Å². The van der Waals surface area contributed by atoms with Crippen molar-refractivity contribution in [2.75, 3.05) is 75.5 Å². The molecule has 2 heterocycles. The molecule has 2 aromatic rings. The summed E-state index contributed by atoms with van der Waals surface area (Å²) >= 11 is 6.23. The molecule has 2 aromatic carbocycles. The first-order valence-corrected chi connectivity index (χ1v) is 33.7. The van der Waals surface area contributed by atoms with Gasteiger partial charge in [-0.25, -0.2) is 0 Å². The highest BCUT2D eigenvalue weighted by atomic mass is 35.5. The van der Waals surface area contributed by atoms with E-state index in [-0.39, 0.29) is 75.7 Å². The van der Waals surface area contributed by atoms with Crippen molar-refractivity contribution in [1.29, 1.82) is 0 Å². The molecule has 3 fully saturated rings. The molecule has 1 spiro atoms. The fourth-order valence-electron chi connectivity index (χ4n) is 13.0. The number of alkyl halides is 3. The Morgan fingerprint density at radius 1 is 0.579 bits per heavy atom. The fourth-order valence-corrected chi connectivity index (χ4v) is 13.2. The first kappa shape index (κ1) is 78.4. The minimum absolute atomic E-state index is 0.0285. The number of hydrogen-bond donors (Lipinski definition) is 3. The molecule has 3 aliphatic rings. The van der Waals surface area contributed by atoms with Crippen molar-refractivity contribution in [3.8, 4) is 0 Å². The van der Waals surface area contributed by atoms with E-state index in [1.165, 1.54) is 76.2 Å². The maximum absolute atomic E-state index is 15.4. The summed E-state index contributed by atoms with van der Waals surface area (Å²) in [5, 5.41) is 9.11. The summed E-state index contributed by atoms with van der Waals surface area (Å²) in [4.78, 5) is 172. The summed E-state index contributed by atoms with van der Waals surface area (Å²) in [5.41, 5.74) is -1.46. The van der Waals surface area contributed by atoms with Gasteiger partial charge in [-0.1, -0.05) is 111 Å². The van der Waals surface area contributed by atoms with Gasteiger partial charge in [-0.15, -0.1) is 0 Å². The lowest BCUT2D eigenvalue weighted by atomic mass is 9.90. The van der Waals surface area contributed by atoms with Crippen LogP contribution in [0.25, 0.3) is 0 Å². The number of carbonyl (C=O) groups is 11. The van der Waals surface area contributed by atoms with Crippen LogP contribution >= 0.6 is 11.6 Å². The lowest BCUT2D eigenvalue weighted by Gasteiger charge is -2.43. The molecule has 11 amide bonds. The van der Waals surface area contributed by atoms with E-state index < -0.39 is 150 Å². The first-order chi connectivity index (χ1) is 44.4. The van der Waals surface area contributed by atoms with Gasteiger partial charge in [-0.3, -0.25) is 52.7 Å². The second kappa shape index (κ2) is 34.6. The molecule has 2 aliphatic heterocycles. The number of nitrogens with zero attached hydrogens (tertiary/aromatic N) is 8. The predicted octanol–water partition coefficient (Wildman–Crippen LogP) is 6.20.